The van der Waals surface area contributed by atoms with Crippen LogP contribution < -0.4 is 5.32 Å². The van der Waals surface area contributed by atoms with Crippen LogP contribution in [0.1, 0.15) is 45.4 Å². The second-order valence-electron chi connectivity index (χ2n) is 5.26. The lowest BCUT2D eigenvalue weighted by molar-refractivity contribution is 0.153. The van der Waals surface area contributed by atoms with Crippen LogP contribution in [0.5, 0.6) is 0 Å². The van der Waals surface area contributed by atoms with Gasteiger partial charge in [0.25, 0.3) is 0 Å². The first-order valence-electron chi connectivity index (χ1n) is 6.85. The molecule has 1 aliphatic carbocycles. The smallest absolute Gasteiger partial charge is 0.0650 e. The molecule has 1 fully saturated rings. The molecule has 1 aliphatic heterocycles. The van der Waals surface area contributed by atoms with Gasteiger partial charge in [-0.2, -0.15) is 0 Å². The van der Waals surface area contributed by atoms with Crippen molar-refractivity contribution in [1.82, 2.24) is 5.32 Å². The molecule has 0 bridgehead atoms. The highest BCUT2D eigenvalue weighted by Gasteiger charge is 2.20. The Morgan fingerprint density at radius 1 is 1.38 bits per heavy atom. The van der Waals surface area contributed by atoms with E-state index in [2.05, 4.69) is 18.3 Å². The summed E-state index contributed by atoms with van der Waals surface area (Å²) in [6, 6.07) is 0.772. The summed E-state index contributed by atoms with van der Waals surface area (Å²) in [5.74, 6) is 0.873. The van der Waals surface area contributed by atoms with Crippen molar-refractivity contribution in [1.29, 1.82) is 0 Å². The molecule has 0 radical (unpaired) electrons. The van der Waals surface area contributed by atoms with E-state index in [1.165, 1.54) is 32.1 Å². The highest BCUT2D eigenvalue weighted by Crippen LogP contribution is 2.23. The van der Waals surface area contributed by atoms with Gasteiger partial charge in [-0.25, -0.2) is 0 Å². The largest absolute Gasteiger partial charge is 0.377 e. The molecule has 1 saturated carbocycles. The molecule has 2 rings (SSSR count). The third-order valence-corrected chi connectivity index (χ3v) is 4.02. The summed E-state index contributed by atoms with van der Waals surface area (Å²) in [4.78, 5) is 0. The topological polar surface area (TPSA) is 21.3 Å². The van der Waals surface area contributed by atoms with Crippen LogP contribution in [-0.4, -0.2) is 25.8 Å². The zero-order chi connectivity index (χ0) is 11.2. The minimum absolute atomic E-state index is 0.772. The average molecular weight is 223 g/mol. The average Bonchev–Trinajstić information content (AvgIpc) is 2.33. The van der Waals surface area contributed by atoms with Gasteiger partial charge in [-0.05, 0) is 38.1 Å². The molecule has 2 unspecified atom stereocenters. The van der Waals surface area contributed by atoms with E-state index in [0.717, 1.165) is 38.1 Å². The predicted octanol–water partition coefficient (Wildman–Crippen LogP) is 2.89. The standard InChI is InChI=1S/C14H25NO/c1-12-4-2-3-5-14(12)15-9-6-13-7-10-16-11-8-13/h7,12,14-15H,2-6,8-11H2,1H3. The minimum Gasteiger partial charge on any atom is -0.377 e. The van der Waals surface area contributed by atoms with E-state index < -0.39 is 0 Å². The lowest BCUT2D eigenvalue weighted by Gasteiger charge is -2.30. The SMILES string of the molecule is CC1CCCCC1NCCC1=CCOCC1. The number of rotatable bonds is 4. The maximum atomic E-state index is 5.32. The molecule has 1 N–H and O–H groups in total. The summed E-state index contributed by atoms with van der Waals surface area (Å²) in [7, 11) is 0. The van der Waals surface area contributed by atoms with Crippen LogP contribution in [0.3, 0.4) is 0 Å². The fourth-order valence-corrected chi connectivity index (χ4v) is 2.83. The van der Waals surface area contributed by atoms with E-state index >= 15 is 0 Å². The molecule has 16 heavy (non-hydrogen) atoms. The van der Waals surface area contributed by atoms with Crippen molar-refractivity contribution in [3.05, 3.63) is 11.6 Å². The van der Waals surface area contributed by atoms with Crippen LogP contribution in [0.15, 0.2) is 11.6 Å². The van der Waals surface area contributed by atoms with Crippen molar-refractivity contribution in [2.75, 3.05) is 19.8 Å². The van der Waals surface area contributed by atoms with Gasteiger partial charge in [0.1, 0.15) is 0 Å². The zero-order valence-corrected chi connectivity index (χ0v) is 10.5. The molecular formula is C14H25NO. The van der Waals surface area contributed by atoms with Crippen LogP contribution in [-0.2, 0) is 4.74 Å². The summed E-state index contributed by atoms with van der Waals surface area (Å²) in [5, 5.41) is 3.74. The van der Waals surface area contributed by atoms with Gasteiger partial charge < -0.3 is 10.1 Å². The van der Waals surface area contributed by atoms with Crippen molar-refractivity contribution < 1.29 is 4.74 Å². The molecule has 92 valence electrons. The second kappa shape index (κ2) is 6.41. The summed E-state index contributed by atoms with van der Waals surface area (Å²) < 4.78 is 5.32. The second-order valence-corrected chi connectivity index (χ2v) is 5.26. The predicted molar refractivity (Wildman–Crippen MR) is 67.6 cm³/mol. The first kappa shape index (κ1) is 12.1. The van der Waals surface area contributed by atoms with E-state index in [4.69, 9.17) is 4.74 Å². The number of hydrogen-bond donors (Lipinski definition) is 1. The molecule has 0 saturated heterocycles. The highest BCUT2D eigenvalue weighted by molar-refractivity contribution is 5.04. The Balaban J connectivity index is 1.64. The monoisotopic (exact) mass is 223 g/mol. The fraction of sp³-hybridized carbons (Fsp3) is 0.857. The van der Waals surface area contributed by atoms with Gasteiger partial charge in [0.15, 0.2) is 0 Å². The molecule has 0 amide bonds. The Hall–Kier alpha value is -0.340. The normalized spacial score (nSPS) is 31.2. The molecular weight excluding hydrogens is 198 g/mol. The van der Waals surface area contributed by atoms with E-state index in [1.807, 2.05) is 0 Å². The van der Waals surface area contributed by atoms with Crippen molar-refractivity contribution in [2.45, 2.75) is 51.5 Å². The van der Waals surface area contributed by atoms with Crippen LogP contribution >= 0.6 is 0 Å². The zero-order valence-electron chi connectivity index (χ0n) is 10.5. The first-order chi connectivity index (χ1) is 7.86. The van der Waals surface area contributed by atoms with Gasteiger partial charge in [0, 0.05) is 6.04 Å². The van der Waals surface area contributed by atoms with E-state index in [0.29, 0.717) is 0 Å². The molecule has 2 aliphatic rings. The van der Waals surface area contributed by atoms with Gasteiger partial charge in [0.05, 0.1) is 13.2 Å². The van der Waals surface area contributed by atoms with Crippen molar-refractivity contribution >= 4 is 0 Å². The lowest BCUT2D eigenvalue weighted by atomic mass is 9.86. The Morgan fingerprint density at radius 2 is 2.25 bits per heavy atom. The molecule has 2 heteroatoms. The van der Waals surface area contributed by atoms with Crippen molar-refractivity contribution in [3.8, 4) is 0 Å². The molecule has 1 heterocycles. The summed E-state index contributed by atoms with van der Waals surface area (Å²) in [5.41, 5.74) is 1.59. The van der Waals surface area contributed by atoms with Gasteiger partial charge in [-0.15, -0.1) is 0 Å². The van der Waals surface area contributed by atoms with Crippen LogP contribution in [0.4, 0.5) is 0 Å². The van der Waals surface area contributed by atoms with Crippen LogP contribution in [0.25, 0.3) is 0 Å². The van der Waals surface area contributed by atoms with Gasteiger partial charge >= 0.3 is 0 Å². The van der Waals surface area contributed by atoms with Gasteiger partial charge in [-0.1, -0.05) is 31.4 Å². The van der Waals surface area contributed by atoms with Gasteiger partial charge in [-0.3, -0.25) is 0 Å². The van der Waals surface area contributed by atoms with E-state index in [1.54, 1.807) is 5.57 Å². The minimum atomic E-state index is 0.772. The molecule has 0 aromatic rings. The maximum absolute atomic E-state index is 5.32. The van der Waals surface area contributed by atoms with Crippen molar-refractivity contribution in [3.63, 3.8) is 0 Å². The fourth-order valence-electron chi connectivity index (χ4n) is 2.83. The molecule has 2 atom stereocenters. The van der Waals surface area contributed by atoms with Gasteiger partial charge in [0.2, 0.25) is 0 Å². The third-order valence-electron chi connectivity index (χ3n) is 4.02. The molecule has 0 aromatic carbocycles. The maximum Gasteiger partial charge on any atom is 0.0650 e. The number of hydrogen-bond acceptors (Lipinski definition) is 2. The number of ether oxygens (including phenoxy) is 1. The third kappa shape index (κ3) is 3.60. The van der Waals surface area contributed by atoms with E-state index in [9.17, 15) is 0 Å². The summed E-state index contributed by atoms with van der Waals surface area (Å²) >= 11 is 0. The van der Waals surface area contributed by atoms with Crippen LogP contribution in [0, 0.1) is 5.92 Å². The summed E-state index contributed by atoms with van der Waals surface area (Å²) in [6.07, 6.45) is 10.3. The Labute approximate surface area is 99.4 Å². The molecule has 0 spiro atoms. The number of nitrogens with one attached hydrogen (secondary N) is 1. The lowest BCUT2D eigenvalue weighted by Crippen LogP contribution is -2.37. The van der Waals surface area contributed by atoms with E-state index in [-0.39, 0.29) is 0 Å². The first-order valence-corrected chi connectivity index (χ1v) is 6.85. The summed E-state index contributed by atoms with van der Waals surface area (Å²) in [6.45, 7) is 5.30. The quantitative estimate of drug-likeness (QED) is 0.740. The Kier molecular flexibility index (Phi) is 4.86. The van der Waals surface area contributed by atoms with Crippen LogP contribution in [0.2, 0.25) is 0 Å². The molecule has 0 aromatic heterocycles. The molecule has 2 nitrogen and oxygen atoms in total. The Bertz CT molecular complexity index is 237. The van der Waals surface area contributed by atoms with Crippen molar-refractivity contribution in [2.24, 2.45) is 5.92 Å². The Morgan fingerprint density at radius 3 is 3.00 bits per heavy atom. The highest BCUT2D eigenvalue weighted by atomic mass is 16.5.